The largest absolute Gasteiger partial charge is 0.298 e. The Bertz CT molecular complexity index is 374. The number of halogens is 2. The Morgan fingerprint density at radius 2 is 2.15 bits per heavy atom. The van der Waals surface area contributed by atoms with Gasteiger partial charge in [-0.3, -0.25) is 9.59 Å². The average molecular weight is 201 g/mol. The zero-order chi connectivity index (χ0) is 10.0. The Morgan fingerprint density at radius 3 is 2.54 bits per heavy atom. The lowest BCUT2D eigenvalue weighted by molar-refractivity contribution is 0.100. The molecule has 0 radical (unpaired) electrons. The van der Waals surface area contributed by atoms with Gasteiger partial charge in [0.1, 0.15) is 5.82 Å². The summed E-state index contributed by atoms with van der Waals surface area (Å²) in [6.07, 6.45) is 0.290. The SMILES string of the molecule is CC(=O)c1c(Cl)ccc(F)c1C=O. The van der Waals surface area contributed by atoms with Crippen LogP contribution in [0.25, 0.3) is 0 Å². The zero-order valence-corrected chi connectivity index (χ0v) is 7.56. The molecule has 13 heavy (non-hydrogen) atoms. The lowest BCUT2D eigenvalue weighted by Crippen LogP contribution is -2.02. The molecular weight excluding hydrogens is 195 g/mol. The van der Waals surface area contributed by atoms with Crippen molar-refractivity contribution in [3.05, 3.63) is 34.1 Å². The van der Waals surface area contributed by atoms with Gasteiger partial charge < -0.3 is 0 Å². The highest BCUT2D eigenvalue weighted by Crippen LogP contribution is 2.21. The van der Waals surface area contributed by atoms with Crippen LogP contribution in [0.2, 0.25) is 5.02 Å². The third-order valence-corrected chi connectivity index (χ3v) is 1.93. The first kappa shape index (κ1) is 9.86. The molecule has 1 rings (SSSR count). The van der Waals surface area contributed by atoms with Crippen molar-refractivity contribution >= 4 is 23.7 Å². The number of carbonyl (C=O) groups is 2. The Balaban J connectivity index is 3.52. The predicted molar refractivity (Wildman–Crippen MR) is 46.8 cm³/mol. The van der Waals surface area contributed by atoms with E-state index in [1.807, 2.05) is 0 Å². The summed E-state index contributed by atoms with van der Waals surface area (Å²) in [6.45, 7) is 1.23. The van der Waals surface area contributed by atoms with E-state index in [-0.39, 0.29) is 22.4 Å². The topological polar surface area (TPSA) is 34.1 Å². The molecule has 0 aliphatic heterocycles. The Hall–Kier alpha value is -1.22. The standard InChI is InChI=1S/C9H6ClFO2/c1-5(13)9-6(4-12)8(11)3-2-7(9)10/h2-4H,1H3. The molecule has 0 N–H and O–H groups in total. The van der Waals surface area contributed by atoms with Crippen LogP contribution in [-0.4, -0.2) is 12.1 Å². The molecule has 4 heteroatoms. The number of Topliss-reactive ketones (excluding diaryl/α,β-unsaturated/α-hetero) is 1. The van der Waals surface area contributed by atoms with Crippen LogP contribution in [0.4, 0.5) is 4.39 Å². The van der Waals surface area contributed by atoms with E-state index in [1.165, 1.54) is 13.0 Å². The smallest absolute Gasteiger partial charge is 0.162 e. The first-order chi connectivity index (χ1) is 6.07. The van der Waals surface area contributed by atoms with Crippen LogP contribution in [-0.2, 0) is 0 Å². The molecule has 1 aromatic carbocycles. The maximum Gasteiger partial charge on any atom is 0.162 e. The van der Waals surface area contributed by atoms with Crippen LogP contribution in [0.1, 0.15) is 27.6 Å². The monoisotopic (exact) mass is 200 g/mol. The molecule has 0 bridgehead atoms. The second-order valence-corrected chi connectivity index (χ2v) is 2.90. The molecule has 0 aliphatic carbocycles. The van der Waals surface area contributed by atoms with Gasteiger partial charge in [0.15, 0.2) is 12.1 Å². The van der Waals surface area contributed by atoms with Crippen molar-refractivity contribution in [3.8, 4) is 0 Å². The Labute approximate surface area is 79.3 Å². The van der Waals surface area contributed by atoms with E-state index in [1.54, 1.807) is 0 Å². The Kier molecular flexibility index (Phi) is 2.78. The van der Waals surface area contributed by atoms with Crippen LogP contribution < -0.4 is 0 Å². The molecule has 0 saturated carbocycles. The van der Waals surface area contributed by atoms with Gasteiger partial charge in [-0.25, -0.2) is 4.39 Å². The maximum absolute atomic E-state index is 12.9. The minimum absolute atomic E-state index is 0.0586. The quantitative estimate of drug-likeness (QED) is 0.543. The maximum atomic E-state index is 12.9. The van der Waals surface area contributed by atoms with E-state index < -0.39 is 11.6 Å². The zero-order valence-electron chi connectivity index (χ0n) is 6.80. The van der Waals surface area contributed by atoms with Gasteiger partial charge in [-0.15, -0.1) is 0 Å². The highest BCUT2D eigenvalue weighted by molar-refractivity contribution is 6.34. The van der Waals surface area contributed by atoms with Gasteiger partial charge in [-0.1, -0.05) is 11.6 Å². The summed E-state index contributed by atoms with van der Waals surface area (Å²) in [6, 6.07) is 2.30. The molecule has 0 fully saturated rings. The van der Waals surface area contributed by atoms with Crippen LogP contribution >= 0.6 is 11.6 Å². The molecule has 0 heterocycles. The van der Waals surface area contributed by atoms with Crippen molar-refractivity contribution in [2.24, 2.45) is 0 Å². The van der Waals surface area contributed by atoms with Gasteiger partial charge in [0, 0.05) is 5.56 Å². The fourth-order valence-electron chi connectivity index (χ4n) is 1.04. The van der Waals surface area contributed by atoms with Crippen molar-refractivity contribution in [1.29, 1.82) is 0 Å². The summed E-state index contributed by atoms with van der Waals surface area (Å²) in [5.74, 6) is -1.16. The second kappa shape index (κ2) is 3.66. The van der Waals surface area contributed by atoms with Crippen molar-refractivity contribution in [2.75, 3.05) is 0 Å². The molecular formula is C9H6ClFO2. The lowest BCUT2D eigenvalue weighted by Gasteiger charge is -2.03. The van der Waals surface area contributed by atoms with Crippen molar-refractivity contribution < 1.29 is 14.0 Å². The molecule has 0 amide bonds. The molecule has 0 atom stereocenters. The van der Waals surface area contributed by atoms with Crippen LogP contribution in [0, 0.1) is 5.82 Å². The summed E-state index contributed by atoms with van der Waals surface area (Å²) < 4.78 is 12.9. The van der Waals surface area contributed by atoms with Crippen molar-refractivity contribution in [3.63, 3.8) is 0 Å². The van der Waals surface area contributed by atoms with E-state index in [0.717, 1.165) is 6.07 Å². The number of rotatable bonds is 2. The summed E-state index contributed by atoms with van der Waals surface area (Å²) in [4.78, 5) is 21.4. The molecule has 0 spiro atoms. The molecule has 0 saturated heterocycles. The number of ketones is 1. The van der Waals surface area contributed by atoms with E-state index in [2.05, 4.69) is 0 Å². The third kappa shape index (κ3) is 1.75. The van der Waals surface area contributed by atoms with Gasteiger partial charge >= 0.3 is 0 Å². The number of hydrogen-bond acceptors (Lipinski definition) is 2. The highest BCUT2D eigenvalue weighted by Gasteiger charge is 2.15. The molecule has 1 aromatic rings. The number of hydrogen-bond donors (Lipinski definition) is 0. The van der Waals surface area contributed by atoms with E-state index >= 15 is 0 Å². The van der Waals surface area contributed by atoms with E-state index in [4.69, 9.17) is 11.6 Å². The van der Waals surface area contributed by atoms with Gasteiger partial charge in [0.2, 0.25) is 0 Å². The van der Waals surface area contributed by atoms with Crippen molar-refractivity contribution in [2.45, 2.75) is 6.92 Å². The molecule has 0 aliphatic rings. The average Bonchev–Trinajstić information content (AvgIpc) is 2.07. The van der Waals surface area contributed by atoms with Gasteiger partial charge in [-0.05, 0) is 19.1 Å². The molecule has 0 unspecified atom stereocenters. The second-order valence-electron chi connectivity index (χ2n) is 2.49. The van der Waals surface area contributed by atoms with Gasteiger partial charge in [0.25, 0.3) is 0 Å². The molecule has 68 valence electrons. The first-order valence-corrected chi connectivity index (χ1v) is 3.90. The van der Waals surface area contributed by atoms with Crippen LogP contribution in [0.15, 0.2) is 12.1 Å². The predicted octanol–water partition coefficient (Wildman–Crippen LogP) is 2.49. The summed E-state index contributed by atoms with van der Waals surface area (Å²) in [7, 11) is 0. The number of carbonyl (C=O) groups excluding carboxylic acids is 2. The number of benzene rings is 1. The normalized spacial score (nSPS) is 9.77. The fraction of sp³-hybridized carbons (Fsp3) is 0.111. The lowest BCUT2D eigenvalue weighted by atomic mass is 10.0. The molecule has 2 nitrogen and oxygen atoms in total. The minimum atomic E-state index is -0.732. The highest BCUT2D eigenvalue weighted by atomic mass is 35.5. The van der Waals surface area contributed by atoms with Crippen LogP contribution in [0.5, 0.6) is 0 Å². The minimum Gasteiger partial charge on any atom is -0.298 e. The van der Waals surface area contributed by atoms with Gasteiger partial charge in [-0.2, -0.15) is 0 Å². The fourth-order valence-corrected chi connectivity index (χ4v) is 1.34. The third-order valence-electron chi connectivity index (χ3n) is 1.61. The first-order valence-electron chi connectivity index (χ1n) is 3.52. The molecule has 0 aromatic heterocycles. The summed E-state index contributed by atoms with van der Waals surface area (Å²) in [5, 5.41) is 0.0935. The van der Waals surface area contributed by atoms with E-state index in [9.17, 15) is 14.0 Å². The summed E-state index contributed by atoms with van der Waals surface area (Å²) in [5.41, 5.74) is -0.336. The van der Waals surface area contributed by atoms with E-state index in [0.29, 0.717) is 0 Å². The number of aldehydes is 1. The Morgan fingerprint density at radius 1 is 1.54 bits per heavy atom. The van der Waals surface area contributed by atoms with Crippen molar-refractivity contribution in [1.82, 2.24) is 0 Å². The van der Waals surface area contributed by atoms with Crippen LogP contribution in [0.3, 0.4) is 0 Å². The summed E-state index contributed by atoms with van der Waals surface area (Å²) >= 11 is 5.63. The van der Waals surface area contributed by atoms with Gasteiger partial charge in [0.05, 0.1) is 10.6 Å².